The van der Waals surface area contributed by atoms with Crippen LogP contribution in [-0.4, -0.2) is 6.61 Å². The van der Waals surface area contributed by atoms with Crippen molar-refractivity contribution in [1.82, 2.24) is 0 Å². The molecule has 0 N–H and O–H groups in total. The van der Waals surface area contributed by atoms with E-state index in [-0.39, 0.29) is 0 Å². The fourth-order valence-electron chi connectivity index (χ4n) is 4.47. The zero-order chi connectivity index (χ0) is 20.3. The summed E-state index contributed by atoms with van der Waals surface area (Å²) < 4.78 is 5.86. The van der Waals surface area contributed by atoms with E-state index in [9.17, 15) is 0 Å². The molecule has 3 rings (SSSR count). The highest BCUT2D eigenvalue weighted by Gasteiger charge is 2.15. The number of benzene rings is 2. The Morgan fingerprint density at radius 2 is 1.59 bits per heavy atom. The first-order valence-electron chi connectivity index (χ1n) is 12.2. The monoisotopic (exact) mass is 392 g/mol. The quantitative estimate of drug-likeness (QED) is 0.327. The van der Waals surface area contributed by atoms with Gasteiger partial charge in [-0.25, -0.2) is 0 Å². The summed E-state index contributed by atoms with van der Waals surface area (Å²) in [4.78, 5) is 0. The first kappa shape index (κ1) is 21.9. The highest BCUT2D eigenvalue weighted by atomic mass is 16.5. The van der Waals surface area contributed by atoms with Gasteiger partial charge in [0.25, 0.3) is 0 Å². The molecule has 158 valence electrons. The van der Waals surface area contributed by atoms with Crippen LogP contribution in [0.15, 0.2) is 42.5 Å². The normalized spacial score (nSPS) is 16.8. The second-order valence-electron chi connectivity index (χ2n) is 8.85. The Bertz CT molecular complexity index is 773. The lowest BCUT2D eigenvalue weighted by atomic mass is 9.83. The van der Waals surface area contributed by atoms with Gasteiger partial charge in [0.2, 0.25) is 0 Å². The molecule has 0 bridgehead atoms. The lowest BCUT2D eigenvalue weighted by Crippen LogP contribution is -2.05. The van der Waals surface area contributed by atoms with Crippen LogP contribution in [0, 0.1) is 5.92 Å². The minimum absolute atomic E-state index is 0.812. The predicted octanol–water partition coefficient (Wildman–Crippen LogP) is 8.95. The minimum atomic E-state index is 0.812. The van der Waals surface area contributed by atoms with Crippen LogP contribution in [0.3, 0.4) is 0 Å². The van der Waals surface area contributed by atoms with Gasteiger partial charge in [0.1, 0.15) is 5.75 Å². The molecule has 2 aromatic carbocycles. The van der Waals surface area contributed by atoms with Crippen LogP contribution >= 0.6 is 0 Å². The molecule has 1 atom stereocenters. The van der Waals surface area contributed by atoms with E-state index in [1.807, 2.05) is 0 Å². The Morgan fingerprint density at radius 3 is 2.38 bits per heavy atom. The Morgan fingerprint density at radius 1 is 0.828 bits per heavy atom. The lowest BCUT2D eigenvalue weighted by molar-refractivity contribution is 0.310. The lowest BCUT2D eigenvalue weighted by Gasteiger charge is -2.22. The van der Waals surface area contributed by atoms with E-state index in [1.54, 1.807) is 5.57 Å². The van der Waals surface area contributed by atoms with Gasteiger partial charge in [0.15, 0.2) is 0 Å². The zero-order valence-corrected chi connectivity index (χ0v) is 18.7. The van der Waals surface area contributed by atoms with Crippen LogP contribution < -0.4 is 4.74 Å². The third-order valence-electron chi connectivity index (χ3n) is 6.43. The summed E-state index contributed by atoms with van der Waals surface area (Å²) in [5.41, 5.74) is 2.96. The van der Waals surface area contributed by atoms with Crippen molar-refractivity contribution in [3.8, 4) is 5.75 Å². The first-order chi connectivity index (χ1) is 14.3. The van der Waals surface area contributed by atoms with Gasteiger partial charge in [-0.1, -0.05) is 89.5 Å². The Hall–Kier alpha value is -1.76. The second kappa shape index (κ2) is 12.1. The molecule has 0 saturated heterocycles. The van der Waals surface area contributed by atoms with Crippen molar-refractivity contribution >= 4 is 16.3 Å². The van der Waals surface area contributed by atoms with E-state index >= 15 is 0 Å². The van der Waals surface area contributed by atoms with Gasteiger partial charge in [-0.2, -0.15) is 0 Å². The summed E-state index contributed by atoms with van der Waals surface area (Å²) in [5.74, 6) is 1.90. The average molecular weight is 393 g/mol. The summed E-state index contributed by atoms with van der Waals surface area (Å²) in [6, 6.07) is 13.4. The summed E-state index contributed by atoms with van der Waals surface area (Å²) >= 11 is 0. The summed E-state index contributed by atoms with van der Waals surface area (Å²) in [6.07, 6.45) is 18.6. The molecule has 0 aromatic heterocycles. The van der Waals surface area contributed by atoms with E-state index in [0.717, 1.165) is 24.7 Å². The van der Waals surface area contributed by atoms with Crippen LogP contribution in [0.1, 0.15) is 96.5 Å². The van der Waals surface area contributed by atoms with Gasteiger partial charge in [0.05, 0.1) is 6.61 Å². The van der Waals surface area contributed by atoms with Crippen molar-refractivity contribution in [3.05, 3.63) is 48.0 Å². The van der Waals surface area contributed by atoms with Crippen LogP contribution in [0.4, 0.5) is 0 Å². The second-order valence-corrected chi connectivity index (χ2v) is 8.85. The third kappa shape index (κ3) is 6.91. The molecular formula is C28H40O. The zero-order valence-electron chi connectivity index (χ0n) is 18.7. The van der Waals surface area contributed by atoms with Crippen molar-refractivity contribution in [1.29, 1.82) is 0 Å². The van der Waals surface area contributed by atoms with Crippen LogP contribution in [0.25, 0.3) is 16.3 Å². The maximum atomic E-state index is 5.86. The standard InChI is InChI=1S/C28H40O/c1-3-5-7-8-9-10-11-23-12-14-24(15-13-23)25-16-17-27-22-28(29-20-6-4-2)19-18-26(27)21-25/h14,16-19,21-23H,3-13,15,20H2,1-2H3. The molecule has 0 aliphatic heterocycles. The molecule has 1 aliphatic rings. The van der Waals surface area contributed by atoms with E-state index in [2.05, 4.69) is 56.3 Å². The van der Waals surface area contributed by atoms with Crippen molar-refractivity contribution in [2.24, 2.45) is 5.92 Å². The third-order valence-corrected chi connectivity index (χ3v) is 6.43. The molecule has 2 aromatic rings. The largest absolute Gasteiger partial charge is 0.494 e. The molecule has 1 nitrogen and oxygen atoms in total. The molecule has 1 unspecified atom stereocenters. The fraction of sp³-hybridized carbons (Fsp3) is 0.571. The smallest absolute Gasteiger partial charge is 0.119 e. The first-order valence-corrected chi connectivity index (χ1v) is 12.2. The Labute approximate surface area is 178 Å². The van der Waals surface area contributed by atoms with Crippen molar-refractivity contribution in [2.45, 2.75) is 90.9 Å². The van der Waals surface area contributed by atoms with Crippen molar-refractivity contribution < 1.29 is 4.74 Å². The Balaban J connectivity index is 1.51. The van der Waals surface area contributed by atoms with E-state index in [1.165, 1.54) is 87.0 Å². The number of hydrogen-bond donors (Lipinski definition) is 0. The van der Waals surface area contributed by atoms with E-state index in [0.29, 0.717) is 0 Å². The van der Waals surface area contributed by atoms with E-state index < -0.39 is 0 Å². The van der Waals surface area contributed by atoms with Gasteiger partial charge in [-0.3, -0.25) is 0 Å². The molecule has 0 amide bonds. The highest BCUT2D eigenvalue weighted by Crippen LogP contribution is 2.34. The maximum Gasteiger partial charge on any atom is 0.119 e. The number of hydrogen-bond acceptors (Lipinski definition) is 1. The van der Waals surface area contributed by atoms with Crippen LogP contribution in [0.2, 0.25) is 0 Å². The molecule has 0 radical (unpaired) electrons. The SMILES string of the molecule is CCCCCCCCC1CC=C(c2ccc3cc(OCCCC)ccc3c2)CC1. The van der Waals surface area contributed by atoms with Crippen molar-refractivity contribution in [2.75, 3.05) is 6.61 Å². The highest BCUT2D eigenvalue weighted by molar-refractivity contribution is 5.87. The molecule has 29 heavy (non-hydrogen) atoms. The predicted molar refractivity (Wildman–Crippen MR) is 128 cm³/mol. The molecule has 0 fully saturated rings. The van der Waals surface area contributed by atoms with Crippen LogP contribution in [-0.2, 0) is 0 Å². The maximum absolute atomic E-state index is 5.86. The summed E-state index contributed by atoms with van der Waals surface area (Å²) in [5, 5.41) is 2.60. The summed E-state index contributed by atoms with van der Waals surface area (Å²) in [7, 11) is 0. The molecular weight excluding hydrogens is 352 g/mol. The number of allylic oxidation sites excluding steroid dienone is 2. The van der Waals surface area contributed by atoms with E-state index in [4.69, 9.17) is 4.74 Å². The topological polar surface area (TPSA) is 9.23 Å². The van der Waals surface area contributed by atoms with Gasteiger partial charge < -0.3 is 4.74 Å². The molecule has 0 heterocycles. The minimum Gasteiger partial charge on any atom is -0.494 e. The van der Waals surface area contributed by atoms with Gasteiger partial charge in [-0.15, -0.1) is 0 Å². The van der Waals surface area contributed by atoms with Gasteiger partial charge in [-0.05, 0) is 71.7 Å². The Kier molecular flexibility index (Phi) is 9.12. The van der Waals surface area contributed by atoms with Crippen LogP contribution in [0.5, 0.6) is 5.75 Å². The molecule has 1 heteroatoms. The number of ether oxygens (including phenoxy) is 1. The number of fused-ring (bicyclic) bond motifs is 1. The van der Waals surface area contributed by atoms with Crippen molar-refractivity contribution in [3.63, 3.8) is 0 Å². The van der Waals surface area contributed by atoms with Gasteiger partial charge in [0, 0.05) is 0 Å². The fourth-order valence-corrected chi connectivity index (χ4v) is 4.47. The average Bonchev–Trinajstić information content (AvgIpc) is 2.76. The summed E-state index contributed by atoms with van der Waals surface area (Å²) in [6.45, 7) is 5.30. The molecule has 1 aliphatic carbocycles. The number of unbranched alkanes of at least 4 members (excludes halogenated alkanes) is 6. The molecule has 0 saturated carbocycles. The number of rotatable bonds is 12. The van der Waals surface area contributed by atoms with Gasteiger partial charge >= 0.3 is 0 Å². The molecule has 0 spiro atoms.